The minimum Gasteiger partial charge on any atom is -0.351 e. The monoisotopic (exact) mass is 241 g/mol. The fourth-order valence-electron chi connectivity index (χ4n) is 2.15. The molecule has 1 aliphatic rings. The standard InChI is InChI=1S/C12H13ClFNO/c1-12(3-2-11(16)15-12)7-8-4-9(13)6-10(14)5-8/h4-6H,2-3,7H2,1H3,(H,15,16). The fraction of sp³-hybridized carbons (Fsp3) is 0.417. The Morgan fingerprint density at radius 2 is 2.25 bits per heavy atom. The zero-order chi connectivity index (χ0) is 11.8. The molecule has 1 saturated heterocycles. The van der Waals surface area contributed by atoms with Crippen LogP contribution in [-0.2, 0) is 11.2 Å². The number of carbonyl (C=O) groups excluding carboxylic acids is 1. The van der Waals surface area contributed by atoms with Gasteiger partial charge in [0.1, 0.15) is 5.82 Å². The van der Waals surface area contributed by atoms with Crippen molar-refractivity contribution in [3.8, 4) is 0 Å². The lowest BCUT2D eigenvalue weighted by molar-refractivity contribution is -0.119. The topological polar surface area (TPSA) is 29.1 Å². The summed E-state index contributed by atoms with van der Waals surface area (Å²) in [5, 5.41) is 3.30. The van der Waals surface area contributed by atoms with Crippen molar-refractivity contribution >= 4 is 17.5 Å². The maximum Gasteiger partial charge on any atom is 0.220 e. The summed E-state index contributed by atoms with van der Waals surface area (Å²) in [5.74, 6) is -0.277. The van der Waals surface area contributed by atoms with Crippen LogP contribution in [0.3, 0.4) is 0 Å². The van der Waals surface area contributed by atoms with Crippen LogP contribution in [0.2, 0.25) is 5.02 Å². The SMILES string of the molecule is CC1(Cc2cc(F)cc(Cl)c2)CCC(=O)N1. The average Bonchev–Trinajstić information content (AvgIpc) is 2.43. The van der Waals surface area contributed by atoms with Crippen LogP contribution in [0.25, 0.3) is 0 Å². The fourth-order valence-corrected chi connectivity index (χ4v) is 2.39. The van der Waals surface area contributed by atoms with Crippen molar-refractivity contribution in [2.75, 3.05) is 0 Å². The Morgan fingerprint density at radius 3 is 2.81 bits per heavy atom. The van der Waals surface area contributed by atoms with Crippen molar-refractivity contribution < 1.29 is 9.18 Å². The highest BCUT2D eigenvalue weighted by Crippen LogP contribution is 2.25. The van der Waals surface area contributed by atoms with E-state index in [0.29, 0.717) is 17.9 Å². The molecule has 1 N–H and O–H groups in total. The summed E-state index contributed by atoms with van der Waals surface area (Å²) in [5.41, 5.74) is 0.545. The molecule has 1 unspecified atom stereocenters. The quantitative estimate of drug-likeness (QED) is 0.848. The smallest absolute Gasteiger partial charge is 0.220 e. The van der Waals surface area contributed by atoms with E-state index in [1.165, 1.54) is 12.1 Å². The van der Waals surface area contributed by atoms with Crippen LogP contribution in [0.4, 0.5) is 4.39 Å². The Kier molecular flexibility index (Phi) is 2.89. The van der Waals surface area contributed by atoms with E-state index >= 15 is 0 Å². The van der Waals surface area contributed by atoms with Crippen molar-refractivity contribution in [2.24, 2.45) is 0 Å². The van der Waals surface area contributed by atoms with Crippen molar-refractivity contribution in [1.82, 2.24) is 5.32 Å². The summed E-state index contributed by atoms with van der Waals surface area (Å²) in [6, 6.07) is 4.47. The third-order valence-corrected chi connectivity index (χ3v) is 3.08. The van der Waals surface area contributed by atoms with Crippen LogP contribution in [-0.4, -0.2) is 11.4 Å². The second-order valence-electron chi connectivity index (χ2n) is 4.56. The third-order valence-electron chi connectivity index (χ3n) is 2.86. The van der Waals surface area contributed by atoms with Gasteiger partial charge in [0.2, 0.25) is 5.91 Å². The van der Waals surface area contributed by atoms with Crippen molar-refractivity contribution in [3.05, 3.63) is 34.6 Å². The number of benzene rings is 1. The molecule has 0 aromatic heterocycles. The molecular weight excluding hydrogens is 229 g/mol. The molecule has 0 saturated carbocycles. The molecule has 0 aliphatic carbocycles. The van der Waals surface area contributed by atoms with Gasteiger partial charge in [0.05, 0.1) is 0 Å². The van der Waals surface area contributed by atoms with Crippen LogP contribution in [0, 0.1) is 5.82 Å². The van der Waals surface area contributed by atoms with Gasteiger partial charge in [-0.1, -0.05) is 11.6 Å². The van der Waals surface area contributed by atoms with Gasteiger partial charge >= 0.3 is 0 Å². The molecule has 1 atom stereocenters. The Bertz CT molecular complexity index is 415. The summed E-state index contributed by atoms with van der Waals surface area (Å²) < 4.78 is 13.1. The van der Waals surface area contributed by atoms with E-state index in [-0.39, 0.29) is 17.3 Å². The second kappa shape index (κ2) is 4.06. The Labute approximate surface area is 98.8 Å². The molecule has 86 valence electrons. The molecule has 1 aromatic rings. The number of carbonyl (C=O) groups is 1. The summed E-state index contributed by atoms with van der Waals surface area (Å²) >= 11 is 5.78. The van der Waals surface area contributed by atoms with Crippen molar-refractivity contribution in [2.45, 2.75) is 31.7 Å². The first-order valence-corrected chi connectivity index (χ1v) is 5.61. The third kappa shape index (κ3) is 2.53. The Hall–Kier alpha value is -1.09. The van der Waals surface area contributed by atoms with Crippen LogP contribution in [0.5, 0.6) is 0 Å². The van der Waals surface area contributed by atoms with E-state index in [9.17, 15) is 9.18 Å². The van der Waals surface area contributed by atoms with Gasteiger partial charge in [-0.3, -0.25) is 4.79 Å². The predicted octanol–water partition coefficient (Wildman–Crippen LogP) is 2.69. The first-order valence-electron chi connectivity index (χ1n) is 5.23. The highest BCUT2D eigenvalue weighted by molar-refractivity contribution is 6.30. The molecule has 2 nitrogen and oxygen atoms in total. The first kappa shape index (κ1) is 11.4. The molecule has 2 rings (SSSR count). The van der Waals surface area contributed by atoms with Crippen molar-refractivity contribution in [3.63, 3.8) is 0 Å². The van der Waals surface area contributed by atoms with E-state index in [4.69, 9.17) is 11.6 Å². The molecule has 1 fully saturated rings. The van der Waals surface area contributed by atoms with Crippen LogP contribution >= 0.6 is 11.6 Å². The Morgan fingerprint density at radius 1 is 1.50 bits per heavy atom. The lowest BCUT2D eigenvalue weighted by Crippen LogP contribution is -2.40. The lowest BCUT2D eigenvalue weighted by atomic mass is 9.91. The molecule has 1 aromatic carbocycles. The van der Waals surface area contributed by atoms with Gasteiger partial charge in [0.15, 0.2) is 0 Å². The molecule has 1 amide bonds. The Balaban J connectivity index is 2.17. The number of halogens is 2. The lowest BCUT2D eigenvalue weighted by Gasteiger charge is -2.24. The summed E-state index contributed by atoms with van der Waals surface area (Å²) in [4.78, 5) is 11.2. The maximum absolute atomic E-state index is 13.1. The molecule has 16 heavy (non-hydrogen) atoms. The van der Waals surface area contributed by atoms with E-state index in [2.05, 4.69) is 5.32 Å². The highest BCUT2D eigenvalue weighted by Gasteiger charge is 2.33. The van der Waals surface area contributed by atoms with E-state index < -0.39 is 0 Å². The van der Waals surface area contributed by atoms with Crippen molar-refractivity contribution in [1.29, 1.82) is 0 Å². The average molecular weight is 242 g/mol. The maximum atomic E-state index is 13.1. The van der Waals surface area contributed by atoms with Crippen LogP contribution in [0.1, 0.15) is 25.3 Å². The highest BCUT2D eigenvalue weighted by atomic mass is 35.5. The first-order chi connectivity index (χ1) is 7.47. The number of amides is 1. The normalized spacial score (nSPS) is 24.6. The number of nitrogens with one attached hydrogen (secondary N) is 1. The molecule has 4 heteroatoms. The predicted molar refractivity (Wildman–Crippen MR) is 60.9 cm³/mol. The van der Waals surface area contributed by atoms with Crippen LogP contribution < -0.4 is 5.32 Å². The van der Waals surface area contributed by atoms with E-state index in [1.807, 2.05) is 6.92 Å². The van der Waals surface area contributed by atoms with Gasteiger partial charge in [-0.25, -0.2) is 4.39 Å². The number of hydrogen-bond donors (Lipinski definition) is 1. The zero-order valence-corrected chi connectivity index (χ0v) is 9.77. The molecule has 1 aliphatic heterocycles. The van der Waals surface area contributed by atoms with Gasteiger partial charge in [0, 0.05) is 17.0 Å². The summed E-state index contributed by atoms with van der Waals surface area (Å²) in [7, 11) is 0. The van der Waals surface area contributed by atoms with Gasteiger partial charge in [0.25, 0.3) is 0 Å². The zero-order valence-electron chi connectivity index (χ0n) is 9.02. The minimum atomic E-state index is -0.338. The molecule has 0 bridgehead atoms. The van der Waals surface area contributed by atoms with Gasteiger partial charge in [-0.15, -0.1) is 0 Å². The van der Waals surface area contributed by atoms with Gasteiger partial charge < -0.3 is 5.32 Å². The largest absolute Gasteiger partial charge is 0.351 e. The van der Waals surface area contributed by atoms with Gasteiger partial charge in [-0.05, 0) is 43.5 Å². The molecule has 0 radical (unpaired) electrons. The van der Waals surface area contributed by atoms with Gasteiger partial charge in [-0.2, -0.15) is 0 Å². The molecular formula is C12H13ClFNO. The summed E-state index contributed by atoms with van der Waals surface area (Å²) in [6.45, 7) is 1.97. The number of rotatable bonds is 2. The molecule has 0 spiro atoms. The summed E-state index contributed by atoms with van der Waals surface area (Å²) in [6.07, 6.45) is 1.93. The second-order valence-corrected chi connectivity index (χ2v) is 5.00. The van der Waals surface area contributed by atoms with E-state index in [1.54, 1.807) is 6.07 Å². The van der Waals surface area contributed by atoms with Crippen LogP contribution in [0.15, 0.2) is 18.2 Å². The minimum absolute atomic E-state index is 0.0602. The van der Waals surface area contributed by atoms with E-state index in [0.717, 1.165) is 12.0 Å². The number of hydrogen-bond acceptors (Lipinski definition) is 1. The molecule has 1 heterocycles.